The number of hydrogen-bond donors (Lipinski definition) is 3. The van der Waals surface area contributed by atoms with Crippen LogP contribution >= 0.6 is 0 Å². The van der Waals surface area contributed by atoms with Gasteiger partial charge in [0.25, 0.3) is 0 Å². The number of rotatable bonds is 8. The predicted octanol–water partition coefficient (Wildman–Crippen LogP) is 2.67. The normalized spacial score (nSPS) is 21.1. The molecule has 2 unspecified atom stereocenters. The lowest BCUT2D eigenvalue weighted by Crippen LogP contribution is -2.74. The van der Waals surface area contributed by atoms with Crippen LogP contribution in [0.2, 0.25) is 0 Å². The van der Waals surface area contributed by atoms with Crippen LogP contribution in [-0.4, -0.2) is 78.9 Å². The van der Waals surface area contributed by atoms with Crippen LogP contribution in [0.3, 0.4) is 0 Å². The van der Waals surface area contributed by atoms with E-state index in [1.807, 2.05) is 44.5 Å². The monoisotopic (exact) mass is 511 g/mol. The number of aryl methyl sites for hydroxylation is 1. The predicted molar refractivity (Wildman–Crippen MR) is 141 cm³/mol. The number of piperidine rings is 1. The van der Waals surface area contributed by atoms with Crippen LogP contribution in [0.15, 0.2) is 24.3 Å². The molecule has 37 heavy (non-hydrogen) atoms. The van der Waals surface area contributed by atoms with Gasteiger partial charge in [-0.3, -0.25) is 14.5 Å². The van der Waals surface area contributed by atoms with E-state index < -0.39 is 17.7 Å². The highest BCUT2D eigenvalue weighted by Crippen LogP contribution is 2.35. The van der Waals surface area contributed by atoms with Gasteiger partial charge in [0, 0.05) is 37.4 Å². The zero-order chi connectivity index (χ0) is 26.9. The van der Waals surface area contributed by atoms with Gasteiger partial charge in [0.1, 0.15) is 17.3 Å². The van der Waals surface area contributed by atoms with Crippen molar-refractivity contribution in [2.75, 3.05) is 19.6 Å². The SMILES string of the molecule is CCCCN1C(=O)C(C(O)C(C)C)NC(=O)C12CCN(Cc1c(C)nn(-c3ccc(O)cc3)c1C)CC2. The first-order valence-electron chi connectivity index (χ1n) is 13.5. The molecule has 9 heteroatoms. The van der Waals surface area contributed by atoms with E-state index in [2.05, 4.69) is 17.1 Å². The summed E-state index contributed by atoms with van der Waals surface area (Å²) in [7, 11) is 0. The summed E-state index contributed by atoms with van der Waals surface area (Å²) in [6, 6.07) is 6.11. The molecule has 3 heterocycles. The fourth-order valence-electron chi connectivity index (χ4n) is 5.65. The summed E-state index contributed by atoms with van der Waals surface area (Å²) in [5.41, 5.74) is 3.17. The van der Waals surface area contributed by atoms with Gasteiger partial charge in [-0.25, -0.2) is 4.68 Å². The van der Waals surface area contributed by atoms with E-state index in [-0.39, 0.29) is 23.5 Å². The fourth-order valence-corrected chi connectivity index (χ4v) is 5.65. The van der Waals surface area contributed by atoms with Crippen molar-refractivity contribution in [3.05, 3.63) is 41.2 Å². The number of aliphatic hydroxyl groups excluding tert-OH is 1. The van der Waals surface area contributed by atoms with E-state index in [4.69, 9.17) is 5.10 Å². The molecular weight excluding hydrogens is 470 g/mol. The number of likely N-dealkylation sites (tertiary alicyclic amines) is 1. The number of benzene rings is 1. The number of hydrogen-bond acceptors (Lipinski definition) is 6. The zero-order valence-electron chi connectivity index (χ0n) is 22.7. The molecule has 3 N–H and O–H groups in total. The standard InChI is InChI=1S/C28H41N5O4/c1-6-7-14-32-26(36)24(25(35)18(2)3)29-27(37)28(32)12-15-31(16-13-28)17-23-19(4)30-33(20(23)5)21-8-10-22(34)11-9-21/h8-11,18,24-25,34-35H,6-7,12-17H2,1-5H3,(H,29,37). The number of aromatic nitrogens is 2. The Morgan fingerprint density at radius 2 is 1.78 bits per heavy atom. The van der Waals surface area contributed by atoms with Crippen molar-refractivity contribution < 1.29 is 19.8 Å². The maximum absolute atomic E-state index is 13.5. The van der Waals surface area contributed by atoms with Crippen LogP contribution in [0.1, 0.15) is 63.4 Å². The van der Waals surface area contributed by atoms with E-state index in [0.717, 1.165) is 35.5 Å². The first-order chi connectivity index (χ1) is 17.6. The molecule has 2 amide bonds. The number of phenolic OH excluding ortho intramolecular Hbond substituents is 1. The summed E-state index contributed by atoms with van der Waals surface area (Å²) in [6.07, 6.45) is 1.96. The van der Waals surface area contributed by atoms with Crippen molar-refractivity contribution in [3.63, 3.8) is 0 Å². The van der Waals surface area contributed by atoms with Gasteiger partial charge in [-0.2, -0.15) is 5.10 Å². The number of carbonyl (C=O) groups is 2. The van der Waals surface area contributed by atoms with Gasteiger partial charge in [0.05, 0.1) is 17.5 Å². The molecule has 0 radical (unpaired) electrons. The summed E-state index contributed by atoms with van der Waals surface area (Å²) < 4.78 is 1.90. The average Bonchev–Trinajstić information content (AvgIpc) is 3.15. The summed E-state index contributed by atoms with van der Waals surface area (Å²) in [6.45, 7) is 12.5. The van der Waals surface area contributed by atoms with Gasteiger partial charge in [0.2, 0.25) is 11.8 Å². The number of amides is 2. The Bertz CT molecular complexity index is 1120. The number of aromatic hydroxyl groups is 1. The molecule has 2 aromatic rings. The van der Waals surface area contributed by atoms with E-state index in [1.54, 1.807) is 17.0 Å². The highest BCUT2D eigenvalue weighted by molar-refractivity contribution is 6.00. The Hall–Kier alpha value is -2.91. The molecule has 1 spiro atoms. The van der Waals surface area contributed by atoms with Gasteiger partial charge >= 0.3 is 0 Å². The lowest BCUT2D eigenvalue weighted by atomic mass is 9.80. The molecule has 2 aliphatic rings. The number of nitrogens with zero attached hydrogens (tertiary/aromatic N) is 4. The highest BCUT2D eigenvalue weighted by Gasteiger charge is 2.54. The Labute approximate surface area is 219 Å². The minimum atomic E-state index is -0.908. The van der Waals surface area contributed by atoms with Gasteiger partial charge in [-0.15, -0.1) is 0 Å². The second-order valence-corrected chi connectivity index (χ2v) is 10.9. The molecule has 4 rings (SSSR count). The Balaban J connectivity index is 1.51. The number of phenols is 1. The first kappa shape index (κ1) is 27.1. The van der Waals surface area contributed by atoms with E-state index >= 15 is 0 Å². The third kappa shape index (κ3) is 5.11. The van der Waals surface area contributed by atoms with E-state index in [0.29, 0.717) is 39.0 Å². The largest absolute Gasteiger partial charge is 0.508 e. The quantitative estimate of drug-likeness (QED) is 0.503. The molecule has 202 valence electrons. The minimum Gasteiger partial charge on any atom is -0.508 e. The Morgan fingerprint density at radius 3 is 2.38 bits per heavy atom. The molecule has 2 saturated heterocycles. The fraction of sp³-hybridized carbons (Fsp3) is 0.607. The van der Waals surface area contributed by atoms with Crippen LogP contribution in [0.25, 0.3) is 5.69 Å². The maximum Gasteiger partial charge on any atom is 0.248 e. The van der Waals surface area contributed by atoms with Crippen LogP contribution in [0.4, 0.5) is 0 Å². The van der Waals surface area contributed by atoms with Crippen LogP contribution in [-0.2, 0) is 16.1 Å². The molecule has 2 fully saturated rings. The topological polar surface area (TPSA) is 111 Å². The van der Waals surface area contributed by atoms with Crippen molar-refractivity contribution in [1.29, 1.82) is 0 Å². The summed E-state index contributed by atoms with van der Waals surface area (Å²) in [5, 5.41) is 27.9. The molecular formula is C28H41N5O4. The zero-order valence-corrected chi connectivity index (χ0v) is 22.7. The van der Waals surface area contributed by atoms with Crippen molar-refractivity contribution in [1.82, 2.24) is 24.9 Å². The molecule has 2 aliphatic heterocycles. The number of carbonyl (C=O) groups excluding carboxylic acids is 2. The van der Waals surface area contributed by atoms with Crippen molar-refractivity contribution in [3.8, 4) is 11.4 Å². The summed E-state index contributed by atoms with van der Waals surface area (Å²) in [4.78, 5) is 31.2. The molecule has 1 aromatic heterocycles. The van der Waals surface area contributed by atoms with E-state index in [1.165, 1.54) is 0 Å². The Kier molecular flexibility index (Phi) is 7.94. The molecule has 0 saturated carbocycles. The molecule has 1 aromatic carbocycles. The van der Waals surface area contributed by atoms with Gasteiger partial charge in [0.15, 0.2) is 0 Å². The lowest BCUT2D eigenvalue weighted by molar-refractivity contribution is -0.165. The summed E-state index contributed by atoms with van der Waals surface area (Å²) in [5.74, 6) is -0.215. The number of aliphatic hydroxyl groups is 1. The van der Waals surface area contributed by atoms with Gasteiger partial charge < -0.3 is 20.4 Å². The molecule has 2 atom stereocenters. The minimum absolute atomic E-state index is 0.132. The first-order valence-corrected chi connectivity index (χ1v) is 13.5. The molecule has 9 nitrogen and oxygen atoms in total. The highest BCUT2D eigenvalue weighted by atomic mass is 16.3. The van der Waals surface area contributed by atoms with Crippen LogP contribution in [0, 0.1) is 19.8 Å². The van der Waals surface area contributed by atoms with Crippen LogP contribution < -0.4 is 5.32 Å². The number of nitrogens with one attached hydrogen (secondary N) is 1. The third-order valence-corrected chi connectivity index (χ3v) is 8.12. The van der Waals surface area contributed by atoms with Crippen molar-refractivity contribution >= 4 is 11.8 Å². The second kappa shape index (κ2) is 10.8. The Morgan fingerprint density at radius 1 is 1.14 bits per heavy atom. The van der Waals surface area contributed by atoms with Gasteiger partial charge in [-0.05, 0) is 63.3 Å². The van der Waals surface area contributed by atoms with Crippen molar-refractivity contribution in [2.45, 2.75) is 84.5 Å². The molecule has 0 bridgehead atoms. The third-order valence-electron chi connectivity index (χ3n) is 8.12. The van der Waals surface area contributed by atoms with Gasteiger partial charge in [-0.1, -0.05) is 27.2 Å². The summed E-state index contributed by atoms with van der Waals surface area (Å²) >= 11 is 0. The second-order valence-electron chi connectivity index (χ2n) is 10.9. The van der Waals surface area contributed by atoms with Crippen LogP contribution in [0.5, 0.6) is 5.75 Å². The number of unbranched alkanes of at least 4 members (excludes halogenated alkanes) is 1. The molecule has 0 aliphatic carbocycles. The lowest BCUT2D eigenvalue weighted by Gasteiger charge is -2.52. The maximum atomic E-state index is 13.5. The smallest absolute Gasteiger partial charge is 0.248 e. The van der Waals surface area contributed by atoms with E-state index in [9.17, 15) is 19.8 Å². The average molecular weight is 512 g/mol. The van der Waals surface area contributed by atoms with Crippen molar-refractivity contribution in [2.24, 2.45) is 5.92 Å². The number of piperazine rings is 1.